The summed E-state index contributed by atoms with van der Waals surface area (Å²) in [6, 6.07) is 11.0. The minimum atomic E-state index is -3.33. The largest absolute Gasteiger partial charge is 0.340 e. The molecule has 2 amide bonds. The van der Waals surface area contributed by atoms with Crippen molar-refractivity contribution in [1.82, 2.24) is 10.3 Å². The molecule has 1 aromatic heterocycles. The van der Waals surface area contributed by atoms with Crippen LogP contribution in [0.15, 0.2) is 47.4 Å². The van der Waals surface area contributed by atoms with E-state index >= 15 is 0 Å². The Labute approximate surface area is 179 Å². The van der Waals surface area contributed by atoms with Crippen molar-refractivity contribution in [3.8, 4) is 0 Å². The van der Waals surface area contributed by atoms with Gasteiger partial charge in [0, 0.05) is 11.8 Å². The van der Waals surface area contributed by atoms with Gasteiger partial charge in [0.2, 0.25) is 5.91 Å². The van der Waals surface area contributed by atoms with E-state index < -0.39 is 15.9 Å². The van der Waals surface area contributed by atoms with Crippen LogP contribution in [-0.2, 0) is 14.6 Å². The number of aryl methyl sites for hydroxylation is 1. The lowest BCUT2D eigenvalue weighted by atomic mass is 10.0. The molecule has 0 spiro atoms. The van der Waals surface area contributed by atoms with E-state index in [1.807, 2.05) is 32.9 Å². The Morgan fingerprint density at radius 1 is 1.07 bits per heavy atom. The van der Waals surface area contributed by atoms with Gasteiger partial charge in [0.15, 0.2) is 15.0 Å². The van der Waals surface area contributed by atoms with Crippen LogP contribution in [0.2, 0.25) is 0 Å². The number of carbonyl (C=O) groups is 2. The number of benzene rings is 2. The van der Waals surface area contributed by atoms with E-state index in [9.17, 15) is 18.0 Å². The normalized spacial score (nSPS) is 12.7. The number of nitrogens with one attached hydrogen (secondary N) is 2. The Balaban J connectivity index is 1.77. The van der Waals surface area contributed by atoms with E-state index in [1.165, 1.54) is 23.5 Å². The summed E-state index contributed by atoms with van der Waals surface area (Å²) in [5.74, 6) is -0.857. The maximum atomic E-state index is 12.8. The molecule has 3 rings (SSSR count). The summed E-state index contributed by atoms with van der Waals surface area (Å²) in [6.07, 6.45) is 1.14. The SMILES string of the molecule is Cc1ccc(C(=O)N[C@@H](C(=O)Nc2nc3ccc(S(C)(=O)=O)cc3s2)C(C)C)cc1. The molecule has 0 fully saturated rings. The molecule has 30 heavy (non-hydrogen) atoms. The first kappa shape index (κ1) is 21.9. The molecule has 0 radical (unpaired) electrons. The Hall–Kier alpha value is -2.78. The highest BCUT2D eigenvalue weighted by Crippen LogP contribution is 2.28. The summed E-state index contributed by atoms with van der Waals surface area (Å²) < 4.78 is 24.1. The maximum absolute atomic E-state index is 12.8. The average Bonchev–Trinajstić information content (AvgIpc) is 3.06. The smallest absolute Gasteiger partial charge is 0.251 e. The molecule has 0 aliphatic rings. The summed E-state index contributed by atoms with van der Waals surface area (Å²) in [6.45, 7) is 5.62. The summed E-state index contributed by atoms with van der Waals surface area (Å²) in [7, 11) is -3.33. The van der Waals surface area contributed by atoms with E-state index in [1.54, 1.807) is 18.2 Å². The summed E-state index contributed by atoms with van der Waals surface area (Å²) in [5, 5.41) is 5.87. The van der Waals surface area contributed by atoms with Crippen LogP contribution in [0.5, 0.6) is 0 Å². The fraction of sp³-hybridized carbons (Fsp3) is 0.286. The maximum Gasteiger partial charge on any atom is 0.251 e. The highest BCUT2D eigenvalue weighted by molar-refractivity contribution is 7.90. The van der Waals surface area contributed by atoms with Crippen molar-refractivity contribution in [3.63, 3.8) is 0 Å². The topological polar surface area (TPSA) is 105 Å². The molecule has 1 atom stereocenters. The van der Waals surface area contributed by atoms with Gasteiger partial charge in [-0.3, -0.25) is 9.59 Å². The number of aromatic nitrogens is 1. The highest BCUT2D eigenvalue weighted by atomic mass is 32.2. The molecule has 1 heterocycles. The average molecular weight is 446 g/mol. The second-order valence-electron chi connectivity index (χ2n) is 7.47. The van der Waals surface area contributed by atoms with Gasteiger partial charge >= 0.3 is 0 Å². The third kappa shape index (κ3) is 5.03. The Kier molecular flexibility index (Phi) is 6.23. The Morgan fingerprint density at radius 3 is 2.33 bits per heavy atom. The van der Waals surface area contributed by atoms with Crippen molar-refractivity contribution in [3.05, 3.63) is 53.6 Å². The lowest BCUT2D eigenvalue weighted by Crippen LogP contribution is -2.47. The summed E-state index contributed by atoms with van der Waals surface area (Å²) >= 11 is 1.18. The van der Waals surface area contributed by atoms with Crippen LogP contribution in [0.1, 0.15) is 29.8 Å². The lowest BCUT2D eigenvalue weighted by molar-refractivity contribution is -0.118. The van der Waals surface area contributed by atoms with Crippen molar-refractivity contribution in [2.75, 3.05) is 11.6 Å². The number of sulfone groups is 1. The predicted molar refractivity (Wildman–Crippen MR) is 119 cm³/mol. The number of hydrogen-bond donors (Lipinski definition) is 2. The third-order valence-electron chi connectivity index (χ3n) is 4.57. The zero-order chi connectivity index (χ0) is 22.1. The summed E-state index contributed by atoms with van der Waals surface area (Å²) in [5.41, 5.74) is 2.11. The standard InChI is InChI=1S/C21H23N3O4S2/c1-12(2)18(23-19(25)14-7-5-13(3)6-8-14)20(26)24-21-22-16-10-9-15(30(4,27)28)11-17(16)29-21/h5-12,18H,1-4H3,(H,23,25)(H,22,24,26)/t18-/m1/s1. The van der Waals surface area contributed by atoms with E-state index in [-0.39, 0.29) is 22.6 Å². The number of hydrogen-bond acceptors (Lipinski definition) is 6. The van der Waals surface area contributed by atoms with E-state index in [0.29, 0.717) is 20.9 Å². The monoisotopic (exact) mass is 445 g/mol. The van der Waals surface area contributed by atoms with Gasteiger partial charge in [-0.2, -0.15) is 0 Å². The van der Waals surface area contributed by atoms with Crippen LogP contribution in [0.25, 0.3) is 10.2 Å². The number of carbonyl (C=O) groups excluding carboxylic acids is 2. The van der Waals surface area contributed by atoms with Crippen LogP contribution in [-0.4, -0.2) is 37.5 Å². The molecule has 9 heteroatoms. The molecule has 158 valence electrons. The van der Waals surface area contributed by atoms with Crippen LogP contribution >= 0.6 is 11.3 Å². The Morgan fingerprint density at radius 2 is 1.73 bits per heavy atom. The van der Waals surface area contributed by atoms with Gasteiger partial charge in [-0.25, -0.2) is 13.4 Å². The number of anilines is 1. The minimum Gasteiger partial charge on any atom is -0.340 e. The van der Waals surface area contributed by atoms with Crippen molar-refractivity contribution in [2.45, 2.75) is 31.7 Å². The zero-order valence-electron chi connectivity index (χ0n) is 17.1. The van der Waals surface area contributed by atoms with Crippen LogP contribution in [0, 0.1) is 12.8 Å². The first-order valence-corrected chi connectivity index (χ1v) is 12.0. The van der Waals surface area contributed by atoms with E-state index in [2.05, 4.69) is 15.6 Å². The van der Waals surface area contributed by atoms with Gasteiger partial charge in [0.1, 0.15) is 6.04 Å². The molecule has 0 bridgehead atoms. The van der Waals surface area contributed by atoms with Crippen molar-refractivity contribution >= 4 is 48.3 Å². The zero-order valence-corrected chi connectivity index (χ0v) is 18.7. The van der Waals surface area contributed by atoms with Crippen molar-refractivity contribution in [1.29, 1.82) is 0 Å². The molecular weight excluding hydrogens is 422 g/mol. The van der Waals surface area contributed by atoms with E-state index in [4.69, 9.17) is 0 Å². The lowest BCUT2D eigenvalue weighted by Gasteiger charge is -2.21. The predicted octanol–water partition coefficient (Wildman–Crippen LogP) is 3.40. The third-order valence-corrected chi connectivity index (χ3v) is 6.61. The van der Waals surface area contributed by atoms with Crippen molar-refractivity contribution in [2.24, 2.45) is 5.92 Å². The van der Waals surface area contributed by atoms with Gasteiger partial charge in [0.05, 0.1) is 15.1 Å². The Bertz CT molecular complexity index is 1200. The second kappa shape index (κ2) is 8.53. The van der Waals surface area contributed by atoms with Gasteiger partial charge in [-0.15, -0.1) is 0 Å². The molecule has 0 saturated heterocycles. The van der Waals surface area contributed by atoms with Crippen LogP contribution in [0.3, 0.4) is 0 Å². The van der Waals surface area contributed by atoms with Gasteiger partial charge in [-0.05, 0) is 43.2 Å². The fourth-order valence-electron chi connectivity index (χ4n) is 2.84. The number of fused-ring (bicyclic) bond motifs is 1. The van der Waals surface area contributed by atoms with Crippen LogP contribution < -0.4 is 10.6 Å². The number of amides is 2. The van der Waals surface area contributed by atoms with Gasteiger partial charge < -0.3 is 10.6 Å². The van der Waals surface area contributed by atoms with Gasteiger partial charge in [0.25, 0.3) is 5.91 Å². The molecule has 2 aromatic carbocycles. The van der Waals surface area contributed by atoms with Gasteiger partial charge in [-0.1, -0.05) is 42.9 Å². The van der Waals surface area contributed by atoms with Crippen LogP contribution in [0.4, 0.5) is 5.13 Å². The molecule has 0 aliphatic carbocycles. The molecule has 0 aliphatic heterocycles. The second-order valence-corrected chi connectivity index (χ2v) is 10.5. The first-order valence-electron chi connectivity index (χ1n) is 9.33. The van der Waals surface area contributed by atoms with E-state index in [0.717, 1.165) is 11.8 Å². The number of nitrogens with zero attached hydrogens (tertiary/aromatic N) is 1. The number of thiazole rings is 1. The number of rotatable bonds is 6. The molecule has 0 saturated carbocycles. The fourth-order valence-corrected chi connectivity index (χ4v) is 4.47. The van der Waals surface area contributed by atoms with Crippen molar-refractivity contribution < 1.29 is 18.0 Å². The molecule has 0 unspecified atom stereocenters. The molecule has 2 N–H and O–H groups in total. The first-order chi connectivity index (χ1) is 14.0. The quantitative estimate of drug-likeness (QED) is 0.605. The minimum absolute atomic E-state index is 0.148. The molecule has 7 nitrogen and oxygen atoms in total. The highest BCUT2D eigenvalue weighted by Gasteiger charge is 2.25. The summed E-state index contributed by atoms with van der Waals surface area (Å²) in [4.78, 5) is 29.9. The molecule has 3 aromatic rings. The molecular formula is C21H23N3O4S2.